The van der Waals surface area contributed by atoms with Gasteiger partial charge in [-0.05, 0) is 24.6 Å². The molecule has 0 radical (unpaired) electrons. The predicted molar refractivity (Wildman–Crippen MR) is 108 cm³/mol. The molecule has 3 aromatic rings. The zero-order chi connectivity index (χ0) is 19.3. The molecule has 1 fully saturated rings. The van der Waals surface area contributed by atoms with E-state index in [1.165, 1.54) is 17.7 Å². The maximum atomic E-state index is 12.7. The Balaban J connectivity index is 1.44. The minimum Gasteiger partial charge on any atom is -0.467 e. The number of nitrogens with one attached hydrogen (secondary N) is 2. The Morgan fingerprint density at radius 3 is 2.96 bits per heavy atom. The van der Waals surface area contributed by atoms with Crippen LogP contribution in [0, 0.1) is 6.92 Å². The first kappa shape index (κ1) is 18.9. The van der Waals surface area contributed by atoms with Gasteiger partial charge in [-0.1, -0.05) is 0 Å². The van der Waals surface area contributed by atoms with E-state index in [-0.39, 0.29) is 5.91 Å². The maximum Gasteiger partial charge on any atom is 0.261 e. The Morgan fingerprint density at radius 2 is 2.18 bits per heavy atom. The van der Waals surface area contributed by atoms with Crippen molar-refractivity contribution < 1.29 is 13.9 Å². The number of furan rings is 1. The van der Waals surface area contributed by atoms with Crippen molar-refractivity contribution in [3.05, 3.63) is 40.9 Å². The summed E-state index contributed by atoms with van der Waals surface area (Å²) in [6.07, 6.45) is 3.16. The molecular weight excluding hydrogens is 378 g/mol. The number of thiophene rings is 1. The quantitative estimate of drug-likeness (QED) is 0.627. The lowest BCUT2D eigenvalue weighted by atomic mass is 10.2. The minimum absolute atomic E-state index is 0.0641. The second-order valence-corrected chi connectivity index (χ2v) is 7.60. The van der Waals surface area contributed by atoms with Gasteiger partial charge in [-0.15, -0.1) is 11.3 Å². The van der Waals surface area contributed by atoms with Crippen LogP contribution < -0.4 is 10.6 Å². The second kappa shape index (κ2) is 8.68. The number of anilines is 1. The molecule has 9 heteroatoms. The van der Waals surface area contributed by atoms with E-state index in [4.69, 9.17) is 9.15 Å². The van der Waals surface area contributed by atoms with Gasteiger partial charge in [-0.3, -0.25) is 9.69 Å². The summed E-state index contributed by atoms with van der Waals surface area (Å²) < 4.78 is 10.7. The number of aryl methyl sites for hydroxylation is 1. The molecule has 0 aromatic carbocycles. The van der Waals surface area contributed by atoms with Crippen LogP contribution in [0.5, 0.6) is 0 Å². The number of carbonyl (C=O) groups is 1. The average Bonchev–Trinajstić information content (AvgIpc) is 3.35. The summed E-state index contributed by atoms with van der Waals surface area (Å²) in [7, 11) is 0. The predicted octanol–water partition coefficient (Wildman–Crippen LogP) is 2.27. The Bertz CT molecular complexity index is 935. The van der Waals surface area contributed by atoms with Crippen LogP contribution in [-0.2, 0) is 11.3 Å². The van der Waals surface area contributed by atoms with E-state index in [9.17, 15) is 4.79 Å². The van der Waals surface area contributed by atoms with Crippen molar-refractivity contribution in [3.8, 4) is 0 Å². The van der Waals surface area contributed by atoms with Crippen molar-refractivity contribution in [2.45, 2.75) is 13.5 Å². The van der Waals surface area contributed by atoms with Gasteiger partial charge in [0.15, 0.2) is 0 Å². The molecule has 0 unspecified atom stereocenters. The van der Waals surface area contributed by atoms with E-state index < -0.39 is 0 Å². The van der Waals surface area contributed by atoms with Gasteiger partial charge in [0.25, 0.3) is 5.91 Å². The molecule has 3 aromatic heterocycles. The number of fused-ring (bicyclic) bond motifs is 1. The van der Waals surface area contributed by atoms with Crippen LogP contribution in [0.4, 0.5) is 5.82 Å². The Morgan fingerprint density at radius 1 is 1.32 bits per heavy atom. The summed E-state index contributed by atoms with van der Waals surface area (Å²) in [6.45, 7) is 7.25. The van der Waals surface area contributed by atoms with Crippen molar-refractivity contribution in [3.63, 3.8) is 0 Å². The van der Waals surface area contributed by atoms with Gasteiger partial charge in [0.05, 0.1) is 36.3 Å². The fourth-order valence-corrected chi connectivity index (χ4v) is 4.30. The van der Waals surface area contributed by atoms with Crippen molar-refractivity contribution in [2.75, 3.05) is 44.7 Å². The van der Waals surface area contributed by atoms with E-state index >= 15 is 0 Å². The highest BCUT2D eigenvalue weighted by Gasteiger charge is 2.19. The van der Waals surface area contributed by atoms with E-state index in [0.717, 1.165) is 54.4 Å². The van der Waals surface area contributed by atoms with Gasteiger partial charge in [-0.25, -0.2) is 9.97 Å². The number of rotatable bonds is 7. The highest BCUT2D eigenvalue weighted by molar-refractivity contribution is 7.20. The van der Waals surface area contributed by atoms with Crippen molar-refractivity contribution in [1.82, 2.24) is 20.2 Å². The number of morpholine rings is 1. The van der Waals surface area contributed by atoms with Crippen LogP contribution in [0.2, 0.25) is 0 Å². The molecular formula is C19H23N5O3S. The summed E-state index contributed by atoms with van der Waals surface area (Å²) in [6, 6.07) is 3.75. The Kier molecular flexibility index (Phi) is 5.84. The molecule has 4 heterocycles. The molecule has 0 atom stereocenters. The number of ether oxygens (including phenoxy) is 1. The van der Waals surface area contributed by atoms with Gasteiger partial charge in [0.2, 0.25) is 0 Å². The number of carbonyl (C=O) groups excluding carboxylic acids is 1. The van der Waals surface area contributed by atoms with Crippen LogP contribution >= 0.6 is 11.3 Å². The SMILES string of the molecule is Cc1c(C(=O)NCCN2CCOCC2)sc2ncnc(NCc3ccco3)c12. The van der Waals surface area contributed by atoms with E-state index in [2.05, 4.69) is 25.5 Å². The summed E-state index contributed by atoms with van der Waals surface area (Å²) >= 11 is 1.40. The first-order chi connectivity index (χ1) is 13.7. The van der Waals surface area contributed by atoms with Gasteiger partial charge in [-0.2, -0.15) is 0 Å². The van der Waals surface area contributed by atoms with E-state index in [0.29, 0.717) is 23.8 Å². The Labute approximate surface area is 166 Å². The molecule has 28 heavy (non-hydrogen) atoms. The smallest absolute Gasteiger partial charge is 0.261 e. The third kappa shape index (κ3) is 4.16. The standard InChI is InChI=1S/C19H23N5O3S/c1-13-15-17(21-11-14-3-2-8-27-14)22-12-23-19(15)28-16(13)18(25)20-4-5-24-6-9-26-10-7-24/h2-3,8,12H,4-7,9-11H2,1H3,(H,20,25)(H,21,22,23). The normalized spacial score (nSPS) is 15.0. The van der Waals surface area contributed by atoms with Crippen LogP contribution in [-0.4, -0.2) is 60.2 Å². The summed E-state index contributed by atoms with van der Waals surface area (Å²) in [5, 5.41) is 7.19. The molecule has 0 spiro atoms. The van der Waals surface area contributed by atoms with Crippen LogP contribution in [0.1, 0.15) is 21.0 Å². The molecule has 0 aliphatic carbocycles. The summed E-state index contributed by atoms with van der Waals surface area (Å²) in [5.74, 6) is 1.47. The topological polar surface area (TPSA) is 92.5 Å². The zero-order valence-electron chi connectivity index (χ0n) is 15.7. The average molecular weight is 401 g/mol. The van der Waals surface area contributed by atoms with Gasteiger partial charge < -0.3 is 19.8 Å². The highest BCUT2D eigenvalue weighted by Crippen LogP contribution is 2.33. The van der Waals surface area contributed by atoms with Gasteiger partial charge in [0, 0.05) is 26.2 Å². The first-order valence-electron chi connectivity index (χ1n) is 9.31. The number of hydrogen-bond acceptors (Lipinski definition) is 8. The number of hydrogen-bond donors (Lipinski definition) is 2. The molecule has 1 saturated heterocycles. The first-order valence-corrected chi connectivity index (χ1v) is 10.1. The Hall–Kier alpha value is -2.49. The van der Waals surface area contributed by atoms with Crippen molar-refractivity contribution in [2.24, 2.45) is 0 Å². The molecule has 1 amide bonds. The zero-order valence-corrected chi connectivity index (χ0v) is 16.6. The molecule has 2 N–H and O–H groups in total. The van der Waals surface area contributed by atoms with Crippen LogP contribution in [0.25, 0.3) is 10.2 Å². The third-order valence-electron chi connectivity index (χ3n) is 4.76. The minimum atomic E-state index is -0.0641. The fraction of sp³-hybridized carbons (Fsp3) is 0.421. The van der Waals surface area contributed by atoms with E-state index in [1.54, 1.807) is 6.26 Å². The van der Waals surface area contributed by atoms with Crippen LogP contribution in [0.3, 0.4) is 0 Å². The van der Waals surface area contributed by atoms with Gasteiger partial charge in [0.1, 0.15) is 22.7 Å². The second-order valence-electron chi connectivity index (χ2n) is 6.60. The van der Waals surface area contributed by atoms with Crippen molar-refractivity contribution >= 4 is 33.3 Å². The molecule has 4 rings (SSSR count). The molecule has 1 aliphatic rings. The van der Waals surface area contributed by atoms with Crippen molar-refractivity contribution in [1.29, 1.82) is 0 Å². The summed E-state index contributed by atoms with van der Waals surface area (Å²) in [5.41, 5.74) is 0.895. The monoisotopic (exact) mass is 401 g/mol. The van der Waals surface area contributed by atoms with Gasteiger partial charge >= 0.3 is 0 Å². The molecule has 0 saturated carbocycles. The lowest BCUT2D eigenvalue weighted by molar-refractivity contribution is 0.0383. The molecule has 8 nitrogen and oxygen atoms in total. The fourth-order valence-electron chi connectivity index (χ4n) is 3.24. The van der Waals surface area contributed by atoms with E-state index in [1.807, 2.05) is 19.1 Å². The number of amides is 1. The molecule has 0 bridgehead atoms. The maximum absolute atomic E-state index is 12.7. The number of aromatic nitrogens is 2. The molecule has 1 aliphatic heterocycles. The van der Waals surface area contributed by atoms with Crippen LogP contribution in [0.15, 0.2) is 29.1 Å². The lowest BCUT2D eigenvalue weighted by Crippen LogP contribution is -2.41. The summed E-state index contributed by atoms with van der Waals surface area (Å²) in [4.78, 5) is 25.2. The molecule has 148 valence electrons. The lowest BCUT2D eigenvalue weighted by Gasteiger charge is -2.26. The number of nitrogens with zero attached hydrogens (tertiary/aromatic N) is 3. The highest BCUT2D eigenvalue weighted by atomic mass is 32.1. The third-order valence-corrected chi connectivity index (χ3v) is 5.96. The largest absolute Gasteiger partial charge is 0.467 e.